The fourth-order valence-corrected chi connectivity index (χ4v) is 1.61. The van der Waals surface area contributed by atoms with Crippen molar-refractivity contribution in [3.05, 3.63) is 0 Å². The Morgan fingerprint density at radius 3 is 2.67 bits per heavy atom. The van der Waals surface area contributed by atoms with Gasteiger partial charge < -0.3 is 4.74 Å². The zero-order chi connectivity index (χ0) is 6.74. The lowest BCUT2D eigenvalue weighted by Crippen LogP contribution is -2.34. The highest BCUT2D eigenvalue weighted by Gasteiger charge is 2.23. The van der Waals surface area contributed by atoms with Gasteiger partial charge in [0.15, 0.2) is 0 Å². The first-order chi connectivity index (χ1) is 4.27. The maximum Gasteiger partial charge on any atom is 0.105 e. The van der Waals surface area contributed by atoms with Crippen LogP contribution < -0.4 is 0 Å². The summed E-state index contributed by atoms with van der Waals surface area (Å²) in [5.41, 5.74) is 0. The lowest BCUT2D eigenvalue weighted by atomic mass is 10.1. The van der Waals surface area contributed by atoms with Crippen LogP contribution in [0.5, 0.6) is 0 Å². The highest BCUT2D eigenvalue weighted by atomic mass is 28.1. The second-order valence-corrected chi connectivity index (χ2v) is 4.30. The van der Waals surface area contributed by atoms with E-state index in [9.17, 15) is 0 Å². The minimum atomic E-state index is -0.113. The van der Waals surface area contributed by atoms with Crippen molar-refractivity contribution in [1.82, 2.24) is 0 Å². The number of ether oxygens (including phenoxy) is 1. The molecule has 0 amide bonds. The molecule has 1 fully saturated rings. The van der Waals surface area contributed by atoms with Gasteiger partial charge in [0.25, 0.3) is 0 Å². The molecular formula is C7H12OSi. The van der Waals surface area contributed by atoms with Crippen LogP contribution >= 0.6 is 0 Å². The van der Waals surface area contributed by atoms with E-state index in [0.717, 1.165) is 23.3 Å². The summed E-state index contributed by atoms with van der Waals surface area (Å²) in [4.78, 5) is 0. The fraction of sp³-hybridized carbons (Fsp3) is 0.714. The molecule has 1 nitrogen and oxygen atoms in total. The normalized spacial score (nSPS) is 35.9. The predicted molar refractivity (Wildman–Crippen MR) is 41.3 cm³/mol. The van der Waals surface area contributed by atoms with Crippen LogP contribution in [0.3, 0.4) is 0 Å². The Kier molecular flexibility index (Phi) is 1.94. The van der Waals surface area contributed by atoms with Gasteiger partial charge in [-0.3, -0.25) is 0 Å². The van der Waals surface area contributed by atoms with Gasteiger partial charge in [-0.2, -0.15) is 0 Å². The van der Waals surface area contributed by atoms with Gasteiger partial charge in [0.1, 0.15) is 5.22 Å². The van der Waals surface area contributed by atoms with E-state index < -0.39 is 0 Å². The molecule has 0 spiro atoms. The predicted octanol–water partition coefficient (Wildman–Crippen LogP) is -0.118. The van der Waals surface area contributed by atoms with E-state index in [4.69, 9.17) is 11.2 Å². The second-order valence-electron chi connectivity index (χ2n) is 2.68. The van der Waals surface area contributed by atoms with Crippen molar-refractivity contribution in [1.29, 1.82) is 0 Å². The van der Waals surface area contributed by atoms with Crippen LogP contribution in [0.25, 0.3) is 0 Å². The van der Waals surface area contributed by atoms with Gasteiger partial charge in [0, 0.05) is 6.61 Å². The maximum atomic E-state index is 5.44. The van der Waals surface area contributed by atoms with Gasteiger partial charge in [-0.05, 0) is 19.3 Å². The molecule has 9 heavy (non-hydrogen) atoms. The Hall–Kier alpha value is -0.263. The van der Waals surface area contributed by atoms with Crippen molar-refractivity contribution in [3.8, 4) is 12.3 Å². The van der Waals surface area contributed by atoms with Gasteiger partial charge in [-0.25, -0.2) is 0 Å². The third-order valence-corrected chi connectivity index (χ3v) is 2.85. The minimum Gasteiger partial charge on any atom is -0.367 e. The molecule has 0 radical (unpaired) electrons. The van der Waals surface area contributed by atoms with E-state index in [1.165, 1.54) is 12.8 Å². The lowest BCUT2D eigenvalue weighted by Gasteiger charge is -2.28. The average Bonchev–Trinajstić information content (AvgIpc) is 1.90. The van der Waals surface area contributed by atoms with Crippen molar-refractivity contribution in [2.75, 3.05) is 6.61 Å². The van der Waals surface area contributed by atoms with Crippen molar-refractivity contribution < 1.29 is 4.74 Å². The molecule has 0 saturated carbocycles. The summed E-state index contributed by atoms with van der Waals surface area (Å²) in [5, 5.41) is -0.113. The molecular weight excluding hydrogens is 128 g/mol. The third kappa shape index (κ3) is 1.57. The highest BCUT2D eigenvalue weighted by molar-refractivity contribution is 6.16. The molecule has 1 aliphatic rings. The van der Waals surface area contributed by atoms with Crippen molar-refractivity contribution >= 4 is 10.2 Å². The van der Waals surface area contributed by atoms with Crippen molar-refractivity contribution in [2.24, 2.45) is 0 Å². The van der Waals surface area contributed by atoms with Crippen molar-refractivity contribution in [3.63, 3.8) is 0 Å². The topological polar surface area (TPSA) is 9.23 Å². The number of terminal acetylenes is 1. The minimum absolute atomic E-state index is 0.113. The summed E-state index contributed by atoms with van der Waals surface area (Å²) in [5.74, 6) is 2.72. The Bertz CT molecular complexity index is 130. The van der Waals surface area contributed by atoms with E-state index in [1.54, 1.807) is 0 Å². The molecule has 0 aromatic rings. The monoisotopic (exact) mass is 140 g/mol. The number of rotatable bonds is 0. The Morgan fingerprint density at radius 1 is 1.56 bits per heavy atom. The third-order valence-electron chi connectivity index (χ3n) is 1.77. The first-order valence-electron chi connectivity index (χ1n) is 3.39. The molecule has 1 saturated heterocycles. The molecule has 1 heterocycles. The highest BCUT2D eigenvalue weighted by Crippen LogP contribution is 2.19. The molecule has 0 bridgehead atoms. The van der Waals surface area contributed by atoms with Gasteiger partial charge in [-0.15, -0.1) is 6.42 Å². The molecule has 0 aromatic heterocycles. The fourth-order valence-electron chi connectivity index (χ4n) is 1.05. The average molecular weight is 140 g/mol. The van der Waals surface area contributed by atoms with Crippen LogP contribution in [0.4, 0.5) is 0 Å². The van der Waals surface area contributed by atoms with Gasteiger partial charge in [0.2, 0.25) is 0 Å². The molecule has 0 N–H and O–H groups in total. The summed E-state index contributed by atoms with van der Waals surface area (Å²) >= 11 is 0. The summed E-state index contributed by atoms with van der Waals surface area (Å²) in [6.45, 7) is 0.869. The van der Waals surface area contributed by atoms with Crippen LogP contribution in [0.2, 0.25) is 0 Å². The molecule has 0 aliphatic carbocycles. The summed E-state index contributed by atoms with van der Waals surface area (Å²) < 4.78 is 5.44. The second kappa shape index (κ2) is 2.55. The standard InChI is InChI=1S/C7H12OSi/c1-2-7(9)5-3-4-6-8-7/h1H,3-6H2,9H3. The summed E-state index contributed by atoms with van der Waals surface area (Å²) in [6, 6.07) is 0. The first kappa shape index (κ1) is 6.85. The van der Waals surface area contributed by atoms with Crippen LogP contribution in [-0.4, -0.2) is 22.1 Å². The maximum absolute atomic E-state index is 5.44. The quantitative estimate of drug-likeness (QED) is 0.337. The SMILES string of the molecule is C#CC1([SiH3])CCCCO1. The Labute approximate surface area is 59.2 Å². The summed E-state index contributed by atoms with van der Waals surface area (Å²) in [6.07, 6.45) is 8.81. The number of hydrogen-bond acceptors (Lipinski definition) is 1. The van der Waals surface area contributed by atoms with E-state index in [-0.39, 0.29) is 5.22 Å². The van der Waals surface area contributed by atoms with Crippen LogP contribution in [0, 0.1) is 12.3 Å². The Morgan fingerprint density at radius 2 is 2.33 bits per heavy atom. The molecule has 1 unspecified atom stereocenters. The molecule has 1 atom stereocenters. The molecule has 0 aromatic carbocycles. The Balaban J connectivity index is 2.49. The smallest absolute Gasteiger partial charge is 0.105 e. The zero-order valence-corrected chi connectivity index (χ0v) is 7.81. The largest absolute Gasteiger partial charge is 0.367 e. The van der Waals surface area contributed by atoms with E-state index in [1.807, 2.05) is 0 Å². The zero-order valence-electron chi connectivity index (χ0n) is 5.81. The van der Waals surface area contributed by atoms with Crippen LogP contribution in [-0.2, 0) is 4.74 Å². The van der Waals surface area contributed by atoms with Crippen molar-refractivity contribution in [2.45, 2.75) is 24.5 Å². The van der Waals surface area contributed by atoms with Crippen LogP contribution in [0.15, 0.2) is 0 Å². The lowest BCUT2D eigenvalue weighted by molar-refractivity contribution is 0.0220. The van der Waals surface area contributed by atoms with E-state index in [2.05, 4.69) is 5.92 Å². The molecule has 1 rings (SSSR count). The van der Waals surface area contributed by atoms with Gasteiger partial charge in [0.05, 0.1) is 10.2 Å². The summed E-state index contributed by atoms with van der Waals surface area (Å²) in [7, 11) is 0.972. The van der Waals surface area contributed by atoms with E-state index in [0.29, 0.717) is 0 Å². The molecule has 2 heteroatoms. The first-order valence-corrected chi connectivity index (χ1v) is 4.39. The van der Waals surface area contributed by atoms with Gasteiger partial charge >= 0.3 is 0 Å². The van der Waals surface area contributed by atoms with E-state index >= 15 is 0 Å². The molecule has 50 valence electrons. The van der Waals surface area contributed by atoms with Crippen LogP contribution in [0.1, 0.15) is 19.3 Å². The van der Waals surface area contributed by atoms with Gasteiger partial charge in [-0.1, -0.05) is 5.92 Å². The molecule has 1 aliphatic heterocycles. The number of hydrogen-bond donors (Lipinski definition) is 0.